The first-order chi connectivity index (χ1) is 7.09. The largest absolute Gasteiger partial charge is 0.478 e. The number of hydrogen-bond donors (Lipinski definition) is 2. The minimum Gasteiger partial charge on any atom is -0.478 e. The van der Waals surface area contributed by atoms with E-state index in [1.807, 2.05) is 0 Å². The highest BCUT2D eigenvalue weighted by Gasteiger charge is 2.13. The first kappa shape index (κ1) is 9.67. The number of halogens is 1. The minimum absolute atomic E-state index is 0.0232. The van der Waals surface area contributed by atoms with Crippen LogP contribution in [0.4, 0.5) is 5.95 Å². The SMILES string of the molecule is Nc1nc(Cl)c2c(C(=O)O)cccc2n1. The van der Waals surface area contributed by atoms with Gasteiger partial charge in [0.2, 0.25) is 5.95 Å². The van der Waals surface area contributed by atoms with Crippen molar-refractivity contribution in [2.24, 2.45) is 0 Å². The van der Waals surface area contributed by atoms with E-state index >= 15 is 0 Å². The molecule has 0 unspecified atom stereocenters. The minimum atomic E-state index is -1.07. The Labute approximate surface area is 89.5 Å². The first-order valence-corrected chi connectivity index (χ1v) is 4.42. The van der Waals surface area contributed by atoms with Gasteiger partial charge in [-0.05, 0) is 12.1 Å². The summed E-state index contributed by atoms with van der Waals surface area (Å²) in [6.45, 7) is 0. The lowest BCUT2D eigenvalue weighted by atomic mass is 10.1. The summed E-state index contributed by atoms with van der Waals surface area (Å²) in [5.41, 5.74) is 5.89. The molecule has 0 bridgehead atoms. The molecular weight excluding hydrogens is 218 g/mol. The third kappa shape index (κ3) is 1.57. The van der Waals surface area contributed by atoms with Gasteiger partial charge in [-0.2, -0.15) is 0 Å². The molecule has 76 valence electrons. The molecular formula is C9H6ClN3O2. The van der Waals surface area contributed by atoms with Gasteiger partial charge in [0.15, 0.2) is 0 Å². The average Bonchev–Trinajstić information content (AvgIpc) is 2.16. The molecule has 0 atom stereocenters. The number of nitrogens with two attached hydrogens (primary N) is 1. The molecule has 2 rings (SSSR count). The third-order valence-electron chi connectivity index (χ3n) is 1.93. The van der Waals surface area contributed by atoms with Crippen LogP contribution in [0, 0.1) is 0 Å². The summed E-state index contributed by atoms with van der Waals surface area (Å²) in [7, 11) is 0. The van der Waals surface area contributed by atoms with Crippen LogP contribution in [0.1, 0.15) is 10.4 Å². The van der Waals surface area contributed by atoms with Crippen molar-refractivity contribution < 1.29 is 9.90 Å². The van der Waals surface area contributed by atoms with Crippen molar-refractivity contribution >= 4 is 34.4 Å². The van der Waals surface area contributed by atoms with Gasteiger partial charge in [0.25, 0.3) is 0 Å². The van der Waals surface area contributed by atoms with Crippen LogP contribution in [0.5, 0.6) is 0 Å². The van der Waals surface area contributed by atoms with E-state index in [0.717, 1.165) is 0 Å². The van der Waals surface area contributed by atoms with Gasteiger partial charge in [0.05, 0.1) is 16.5 Å². The summed E-state index contributed by atoms with van der Waals surface area (Å²) in [5.74, 6) is -1.05. The number of aromatic carboxylic acids is 1. The Morgan fingerprint density at radius 2 is 2.13 bits per heavy atom. The first-order valence-electron chi connectivity index (χ1n) is 4.04. The van der Waals surface area contributed by atoms with Gasteiger partial charge in [0, 0.05) is 0 Å². The normalized spacial score (nSPS) is 10.5. The molecule has 3 N–H and O–H groups in total. The van der Waals surface area contributed by atoms with Gasteiger partial charge >= 0.3 is 5.97 Å². The fraction of sp³-hybridized carbons (Fsp3) is 0. The van der Waals surface area contributed by atoms with Crippen molar-refractivity contribution in [3.05, 3.63) is 28.9 Å². The standard InChI is InChI=1S/C9H6ClN3O2/c10-7-6-4(8(14)15)2-1-3-5(6)12-9(11)13-7/h1-3H,(H,14,15)(H2,11,12,13). The molecule has 2 aromatic rings. The average molecular weight is 224 g/mol. The van der Waals surface area contributed by atoms with Crippen molar-refractivity contribution in [1.82, 2.24) is 9.97 Å². The molecule has 1 aromatic carbocycles. The summed E-state index contributed by atoms with van der Waals surface area (Å²) in [6.07, 6.45) is 0. The van der Waals surface area contributed by atoms with E-state index in [2.05, 4.69) is 9.97 Å². The summed E-state index contributed by atoms with van der Waals surface area (Å²) in [4.78, 5) is 18.5. The Morgan fingerprint density at radius 3 is 2.80 bits per heavy atom. The lowest BCUT2D eigenvalue weighted by Gasteiger charge is -2.03. The predicted octanol–water partition coefficient (Wildman–Crippen LogP) is 1.56. The lowest BCUT2D eigenvalue weighted by molar-refractivity contribution is 0.0699. The van der Waals surface area contributed by atoms with Crippen molar-refractivity contribution in [1.29, 1.82) is 0 Å². The van der Waals surface area contributed by atoms with Crippen LogP contribution >= 0.6 is 11.6 Å². The van der Waals surface area contributed by atoms with E-state index in [1.54, 1.807) is 12.1 Å². The monoisotopic (exact) mass is 223 g/mol. The molecule has 15 heavy (non-hydrogen) atoms. The van der Waals surface area contributed by atoms with Crippen LogP contribution in [-0.4, -0.2) is 21.0 Å². The van der Waals surface area contributed by atoms with Gasteiger partial charge in [-0.25, -0.2) is 14.8 Å². The second-order valence-corrected chi connectivity index (χ2v) is 3.24. The highest BCUT2D eigenvalue weighted by atomic mass is 35.5. The third-order valence-corrected chi connectivity index (χ3v) is 2.20. The number of aromatic nitrogens is 2. The number of carboxylic acids is 1. The zero-order chi connectivity index (χ0) is 11.0. The number of carboxylic acid groups (broad SMARTS) is 1. The molecule has 0 aliphatic heterocycles. The maximum Gasteiger partial charge on any atom is 0.336 e. The molecule has 0 aliphatic rings. The van der Waals surface area contributed by atoms with Crippen LogP contribution in [0.15, 0.2) is 18.2 Å². The number of nitrogen functional groups attached to an aromatic ring is 1. The topological polar surface area (TPSA) is 89.1 Å². The van der Waals surface area contributed by atoms with Crippen molar-refractivity contribution in [3.8, 4) is 0 Å². The fourth-order valence-electron chi connectivity index (χ4n) is 1.33. The van der Waals surface area contributed by atoms with E-state index in [-0.39, 0.29) is 16.7 Å². The van der Waals surface area contributed by atoms with Crippen LogP contribution < -0.4 is 5.73 Å². The second kappa shape index (κ2) is 3.36. The second-order valence-electron chi connectivity index (χ2n) is 2.88. The molecule has 0 amide bonds. The molecule has 0 saturated heterocycles. The molecule has 1 heterocycles. The molecule has 0 fully saturated rings. The lowest BCUT2D eigenvalue weighted by Crippen LogP contribution is -2.01. The maximum absolute atomic E-state index is 10.9. The highest BCUT2D eigenvalue weighted by molar-refractivity contribution is 6.35. The number of benzene rings is 1. The summed E-state index contributed by atoms with van der Waals surface area (Å²) in [5, 5.41) is 9.29. The maximum atomic E-state index is 10.9. The van der Waals surface area contributed by atoms with Crippen molar-refractivity contribution in [2.45, 2.75) is 0 Å². The number of nitrogens with zero attached hydrogens (tertiary/aromatic N) is 2. The number of rotatable bonds is 1. The van der Waals surface area contributed by atoms with Gasteiger partial charge < -0.3 is 10.8 Å². The summed E-state index contributed by atoms with van der Waals surface area (Å²) in [6, 6.07) is 4.65. The Balaban J connectivity index is 2.91. The number of hydrogen-bond acceptors (Lipinski definition) is 4. The van der Waals surface area contributed by atoms with E-state index in [1.165, 1.54) is 6.07 Å². The summed E-state index contributed by atoms with van der Waals surface area (Å²) >= 11 is 5.82. The molecule has 1 aromatic heterocycles. The number of anilines is 1. The van der Waals surface area contributed by atoms with Crippen LogP contribution in [-0.2, 0) is 0 Å². The molecule has 0 saturated carbocycles. The van der Waals surface area contributed by atoms with Gasteiger partial charge in [0.1, 0.15) is 5.15 Å². The zero-order valence-electron chi connectivity index (χ0n) is 7.44. The van der Waals surface area contributed by atoms with E-state index in [9.17, 15) is 4.79 Å². The fourth-order valence-corrected chi connectivity index (χ4v) is 1.62. The molecule has 0 aliphatic carbocycles. The van der Waals surface area contributed by atoms with E-state index in [0.29, 0.717) is 10.9 Å². The summed E-state index contributed by atoms with van der Waals surface area (Å²) < 4.78 is 0. The Hall–Kier alpha value is -1.88. The van der Waals surface area contributed by atoms with Crippen LogP contribution in [0.3, 0.4) is 0 Å². The Kier molecular flexibility index (Phi) is 2.17. The molecule has 0 spiro atoms. The van der Waals surface area contributed by atoms with E-state index < -0.39 is 5.97 Å². The number of fused-ring (bicyclic) bond motifs is 1. The van der Waals surface area contributed by atoms with Gasteiger partial charge in [-0.15, -0.1) is 0 Å². The predicted molar refractivity (Wildman–Crippen MR) is 55.9 cm³/mol. The molecule has 6 heteroatoms. The smallest absolute Gasteiger partial charge is 0.336 e. The molecule has 5 nitrogen and oxygen atoms in total. The Bertz CT molecular complexity index is 556. The van der Waals surface area contributed by atoms with Crippen molar-refractivity contribution in [2.75, 3.05) is 5.73 Å². The Morgan fingerprint density at radius 1 is 1.40 bits per heavy atom. The van der Waals surface area contributed by atoms with Crippen LogP contribution in [0.2, 0.25) is 5.15 Å². The molecule has 0 radical (unpaired) electrons. The quantitative estimate of drug-likeness (QED) is 0.717. The van der Waals surface area contributed by atoms with E-state index in [4.69, 9.17) is 22.4 Å². The van der Waals surface area contributed by atoms with Crippen LogP contribution in [0.25, 0.3) is 10.9 Å². The van der Waals surface area contributed by atoms with Gasteiger partial charge in [-0.1, -0.05) is 17.7 Å². The zero-order valence-corrected chi connectivity index (χ0v) is 8.19. The number of carbonyl (C=O) groups is 1. The highest BCUT2D eigenvalue weighted by Crippen LogP contribution is 2.24. The van der Waals surface area contributed by atoms with Gasteiger partial charge in [-0.3, -0.25) is 0 Å². The van der Waals surface area contributed by atoms with Crippen molar-refractivity contribution in [3.63, 3.8) is 0 Å².